The molecule has 0 spiro atoms. The number of aryl methyl sites for hydroxylation is 1. The molecule has 1 aromatic carbocycles. The van der Waals surface area contributed by atoms with Gasteiger partial charge in [-0.05, 0) is 24.1 Å². The van der Waals surface area contributed by atoms with Crippen LogP contribution in [0, 0.1) is 6.92 Å². The Morgan fingerprint density at radius 2 is 2.26 bits per heavy atom. The highest BCUT2D eigenvalue weighted by Gasteiger charge is 2.10. The molecule has 0 aliphatic rings. The fraction of sp³-hybridized carbons (Fsp3) is 0.214. The summed E-state index contributed by atoms with van der Waals surface area (Å²) in [5.41, 5.74) is 2.76. The number of imidazole rings is 1. The molecular weight excluding hydrogens is 244 g/mol. The molecule has 0 amide bonds. The number of hydrogen-bond acceptors (Lipinski definition) is 4. The van der Waals surface area contributed by atoms with Crippen molar-refractivity contribution in [2.75, 3.05) is 7.11 Å². The van der Waals surface area contributed by atoms with E-state index in [0.29, 0.717) is 24.1 Å². The van der Waals surface area contributed by atoms with Crippen LogP contribution >= 0.6 is 0 Å². The summed E-state index contributed by atoms with van der Waals surface area (Å²) in [6.45, 7) is 2.41. The minimum atomic E-state index is -0.349. The van der Waals surface area contributed by atoms with Crippen LogP contribution in [0.4, 0.5) is 0 Å². The van der Waals surface area contributed by atoms with Gasteiger partial charge < -0.3 is 9.30 Å². The number of esters is 1. The van der Waals surface area contributed by atoms with E-state index >= 15 is 0 Å². The Morgan fingerprint density at radius 3 is 2.89 bits per heavy atom. The van der Waals surface area contributed by atoms with Gasteiger partial charge in [0.05, 0.1) is 19.0 Å². The second kappa shape index (κ2) is 5.48. The van der Waals surface area contributed by atoms with Crippen LogP contribution < -0.4 is 0 Å². The molecule has 1 heterocycles. The highest BCUT2D eigenvalue weighted by atomic mass is 16.5. The normalized spacial score (nSPS) is 10.2. The number of aldehydes is 1. The minimum absolute atomic E-state index is 0.349. The van der Waals surface area contributed by atoms with Crippen molar-refractivity contribution in [3.8, 4) is 0 Å². The molecule has 98 valence electrons. The molecule has 19 heavy (non-hydrogen) atoms. The Balaban J connectivity index is 2.25. The summed E-state index contributed by atoms with van der Waals surface area (Å²) in [4.78, 5) is 26.1. The summed E-state index contributed by atoms with van der Waals surface area (Å²) in [7, 11) is 1.36. The first-order valence-electron chi connectivity index (χ1n) is 5.79. The Kier molecular flexibility index (Phi) is 3.75. The van der Waals surface area contributed by atoms with E-state index in [-0.39, 0.29) is 5.97 Å². The molecule has 0 bridgehead atoms. The third kappa shape index (κ3) is 2.88. The first-order chi connectivity index (χ1) is 9.13. The molecule has 2 rings (SSSR count). The van der Waals surface area contributed by atoms with Crippen LogP contribution in [0.15, 0.2) is 30.7 Å². The molecule has 0 unspecified atom stereocenters. The summed E-state index contributed by atoms with van der Waals surface area (Å²) in [6, 6.07) is 5.60. The van der Waals surface area contributed by atoms with Crippen molar-refractivity contribution in [3.05, 3.63) is 53.1 Å². The fourth-order valence-corrected chi connectivity index (χ4v) is 1.83. The molecule has 0 atom stereocenters. The van der Waals surface area contributed by atoms with Gasteiger partial charge in [0.1, 0.15) is 5.69 Å². The molecule has 0 aliphatic heterocycles. The summed E-state index contributed by atoms with van der Waals surface area (Å²) < 4.78 is 6.53. The lowest BCUT2D eigenvalue weighted by Gasteiger charge is -2.07. The Hall–Kier alpha value is -2.43. The van der Waals surface area contributed by atoms with Crippen LogP contribution in [-0.4, -0.2) is 28.9 Å². The molecule has 0 N–H and O–H groups in total. The van der Waals surface area contributed by atoms with Gasteiger partial charge in [0, 0.05) is 12.7 Å². The van der Waals surface area contributed by atoms with Crippen molar-refractivity contribution in [3.63, 3.8) is 0 Å². The van der Waals surface area contributed by atoms with Gasteiger partial charge in [0.25, 0.3) is 0 Å². The predicted octanol–water partition coefficient (Wildman–Crippen LogP) is 1.84. The smallest absolute Gasteiger partial charge is 0.338 e. The molecule has 5 nitrogen and oxygen atoms in total. The number of ether oxygens (including phenoxy) is 1. The zero-order valence-electron chi connectivity index (χ0n) is 10.8. The van der Waals surface area contributed by atoms with Crippen molar-refractivity contribution < 1.29 is 14.3 Å². The SMILES string of the molecule is COC(=O)c1cc(Cn2cnc(C=O)c2)ccc1C. The maximum absolute atomic E-state index is 11.6. The number of carbonyl (C=O) groups is 2. The third-order valence-corrected chi connectivity index (χ3v) is 2.85. The van der Waals surface area contributed by atoms with E-state index < -0.39 is 0 Å². The van der Waals surface area contributed by atoms with Gasteiger partial charge >= 0.3 is 5.97 Å². The van der Waals surface area contributed by atoms with E-state index in [1.807, 2.05) is 19.1 Å². The summed E-state index contributed by atoms with van der Waals surface area (Å²) in [5.74, 6) is -0.349. The number of hydrogen-bond donors (Lipinski definition) is 0. The third-order valence-electron chi connectivity index (χ3n) is 2.85. The zero-order chi connectivity index (χ0) is 13.8. The van der Waals surface area contributed by atoms with E-state index in [1.54, 1.807) is 23.2 Å². The number of methoxy groups -OCH3 is 1. The van der Waals surface area contributed by atoms with Crippen molar-refractivity contribution in [2.45, 2.75) is 13.5 Å². The number of nitrogens with zero attached hydrogens (tertiary/aromatic N) is 2. The van der Waals surface area contributed by atoms with Gasteiger partial charge in [-0.2, -0.15) is 0 Å². The highest BCUT2D eigenvalue weighted by Crippen LogP contribution is 2.13. The van der Waals surface area contributed by atoms with Gasteiger partial charge in [-0.3, -0.25) is 4.79 Å². The lowest BCUT2D eigenvalue weighted by atomic mass is 10.1. The van der Waals surface area contributed by atoms with E-state index in [9.17, 15) is 9.59 Å². The lowest BCUT2D eigenvalue weighted by Crippen LogP contribution is -2.06. The van der Waals surface area contributed by atoms with Crippen LogP contribution in [0.2, 0.25) is 0 Å². The molecule has 0 saturated carbocycles. The van der Waals surface area contributed by atoms with E-state index in [0.717, 1.165) is 11.1 Å². The number of carbonyl (C=O) groups excluding carboxylic acids is 2. The first-order valence-corrected chi connectivity index (χ1v) is 5.79. The second-order valence-corrected chi connectivity index (χ2v) is 4.23. The lowest BCUT2D eigenvalue weighted by molar-refractivity contribution is 0.0599. The molecule has 2 aromatic rings. The topological polar surface area (TPSA) is 61.2 Å². The summed E-state index contributed by atoms with van der Waals surface area (Å²) in [6.07, 6.45) is 3.94. The largest absolute Gasteiger partial charge is 0.465 e. The highest BCUT2D eigenvalue weighted by molar-refractivity contribution is 5.91. The fourth-order valence-electron chi connectivity index (χ4n) is 1.83. The molecule has 0 fully saturated rings. The van der Waals surface area contributed by atoms with E-state index in [1.165, 1.54) is 7.11 Å². The van der Waals surface area contributed by atoms with Crippen LogP contribution in [0.3, 0.4) is 0 Å². The van der Waals surface area contributed by atoms with Crippen LogP contribution in [0.25, 0.3) is 0 Å². The standard InChI is InChI=1S/C14H14N2O3/c1-10-3-4-11(5-13(10)14(18)19-2)6-16-7-12(8-17)15-9-16/h3-5,7-9H,6H2,1-2H3. The van der Waals surface area contributed by atoms with Crippen LogP contribution in [0.1, 0.15) is 32.0 Å². The van der Waals surface area contributed by atoms with Crippen molar-refractivity contribution >= 4 is 12.3 Å². The van der Waals surface area contributed by atoms with Crippen LogP contribution in [-0.2, 0) is 11.3 Å². The molecule has 0 radical (unpaired) electrons. The average Bonchev–Trinajstić information content (AvgIpc) is 2.87. The quantitative estimate of drug-likeness (QED) is 0.620. The van der Waals surface area contributed by atoms with Gasteiger partial charge in [0.15, 0.2) is 6.29 Å². The molecule has 5 heteroatoms. The zero-order valence-corrected chi connectivity index (χ0v) is 10.8. The molecule has 0 aliphatic carbocycles. The predicted molar refractivity (Wildman–Crippen MR) is 69.2 cm³/mol. The van der Waals surface area contributed by atoms with Gasteiger partial charge in [-0.25, -0.2) is 9.78 Å². The molecular formula is C14H14N2O3. The second-order valence-electron chi connectivity index (χ2n) is 4.23. The van der Waals surface area contributed by atoms with Crippen molar-refractivity contribution in [1.82, 2.24) is 9.55 Å². The van der Waals surface area contributed by atoms with E-state index in [4.69, 9.17) is 4.74 Å². The first kappa shape index (κ1) is 13.0. The number of rotatable bonds is 4. The minimum Gasteiger partial charge on any atom is -0.465 e. The Morgan fingerprint density at radius 1 is 1.47 bits per heavy atom. The monoisotopic (exact) mass is 258 g/mol. The van der Waals surface area contributed by atoms with E-state index in [2.05, 4.69) is 4.98 Å². The van der Waals surface area contributed by atoms with Crippen molar-refractivity contribution in [1.29, 1.82) is 0 Å². The van der Waals surface area contributed by atoms with Gasteiger partial charge in [0.2, 0.25) is 0 Å². The number of aromatic nitrogens is 2. The van der Waals surface area contributed by atoms with Gasteiger partial charge in [-0.15, -0.1) is 0 Å². The number of benzene rings is 1. The maximum atomic E-state index is 11.6. The summed E-state index contributed by atoms with van der Waals surface area (Å²) >= 11 is 0. The Labute approximate surface area is 110 Å². The molecule has 1 aromatic heterocycles. The maximum Gasteiger partial charge on any atom is 0.338 e. The molecule has 0 saturated heterocycles. The average molecular weight is 258 g/mol. The van der Waals surface area contributed by atoms with Gasteiger partial charge in [-0.1, -0.05) is 12.1 Å². The van der Waals surface area contributed by atoms with Crippen LogP contribution in [0.5, 0.6) is 0 Å². The summed E-state index contributed by atoms with van der Waals surface area (Å²) in [5, 5.41) is 0. The Bertz CT molecular complexity index is 617. The van der Waals surface area contributed by atoms with Crippen molar-refractivity contribution in [2.24, 2.45) is 0 Å².